The molecule has 0 saturated carbocycles. The fraction of sp³-hybridized carbons (Fsp3) is 0.278. The highest BCUT2D eigenvalue weighted by atomic mass is 35.5. The summed E-state index contributed by atoms with van der Waals surface area (Å²) in [4.78, 5) is 16.6. The molecule has 3 rings (SSSR count). The lowest BCUT2D eigenvalue weighted by Crippen LogP contribution is -2.48. The lowest BCUT2D eigenvalue weighted by atomic mass is 10.1. The van der Waals surface area contributed by atoms with Crippen molar-refractivity contribution in [2.24, 2.45) is 0 Å². The monoisotopic (exact) mass is 383 g/mol. The van der Waals surface area contributed by atoms with Crippen molar-refractivity contribution in [2.45, 2.75) is 6.54 Å². The molecule has 0 radical (unpaired) electrons. The van der Waals surface area contributed by atoms with Gasteiger partial charge in [0.2, 0.25) is 0 Å². The Hall–Kier alpha value is -1.82. The molecule has 2 N–H and O–H groups in total. The van der Waals surface area contributed by atoms with Crippen molar-refractivity contribution in [3.63, 3.8) is 0 Å². The van der Waals surface area contributed by atoms with Gasteiger partial charge in [-0.15, -0.1) is 12.4 Å². The second-order valence-corrected chi connectivity index (χ2v) is 6.34. The summed E-state index contributed by atoms with van der Waals surface area (Å²) in [7, 11) is 0. The first-order chi connectivity index (χ1) is 11.5. The number of piperazine rings is 1. The summed E-state index contributed by atoms with van der Waals surface area (Å²) in [6, 6.07) is 11.7. The normalized spacial score (nSPS) is 14.9. The molecule has 0 spiro atoms. The van der Waals surface area contributed by atoms with Gasteiger partial charge >= 0.3 is 0 Å². The van der Waals surface area contributed by atoms with Crippen LogP contribution in [-0.4, -0.2) is 41.9 Å². The van der Waals surface area contributed by atoms with E-state index in [-0.39, 0.29) is 23.3 Å². The summed E-state index contributed by atoms with van der Waals surface area (Å²) >= 11 is 5.98. The van der Waals surface area contributed by atoms with Crippen LogP contribution in [0.3, 0.4) is 0 Å². The number of anilines is 1. The van der Waals surface area contributed by atoms with Crippen molar-refractivity contribution >= 4 is 35.6 Å². The first kappa shape index (κ1) is 19.5. The lowest BCUT2D eigenvalue weighted by Gasteiger charge is -2.35. The van der Waals surface area contributed by atoms with Crippen LogP contribution >= 0.6 is 24.0 Å². The van der Waals surface area contributed by atoms with Crippen LogP contribution in [0.2, 0.25) is 5.02 Å². The maximum Gasteiger partial charge on any atom is 0.255 e. The molecule has 0 bridgehead atoms. The Bertz CT molecular complexity index is 749. The summed E-state index contributed by atoms with van der Waals surface area (Å²) in [5.74, 6) is -0.591. The number of nitrogen functional groups attached to an aromatic ring is 1. The zero-order valence-electron chi connectivity index (χ0n) is 13.6. The molecule has 25 heavy (non-hydrogen) atoms. The molecule has 134 valence electrons. The van der Waals surface area contributed by atoms with Crippen LogP contribution < -0.4 is 5.73 Å². The zero-order chi connectivity index (χ0) is 17.1. The van der Waals surface area contributed by atoms with Crippen LogP contribution in [-0.2, 0) is 6.54 Å². The van der Waals surface area contributed by atoms with E-state index >= 15 is 0 Å². The van der Waals surface area contributed by atoms with Crippen molar-refractivity contribution in [1.29, 1.82) is 0 Å². The van der Waals surface area contributed by atoms with E-state index in [2.05, 4.69) is 4.90 Å². The molecule has 1 fully saturated rings. The van der Waals surface area contributed by atoms with E-state index in [1.165, 1.54) is 18.2 Å². The predicted octanol–water partition coefficient (Wildman–Crippen LogP) is 3.44. The van der Waals surface area contributed by atoms with Gasteiger partial charge in [-0.05, 0) is 35.9 Å². The van der Waals surface area contributed by atoms with Crippen LogP contribution in [0.5, 0.6) is 0 Å². The minimum atomic E-state index is -0.441. The van der Waals surface area contributed by atoms with Crippen LogP contribution in [0.1, 0.15) is 15.9 Å². The van der Waals surface area contributed by atoms with E-state index in [0.717, 1.165) is 30.9 Å². The molecule has 7 heteroatoms. The van der Waals surface area contributed by atoms with Gasteiger partial charge in [0.05, 0.1) is 10.6 Å². The Balaban J connectivity index is 0.00000225. The topological polar surface area (TPSA) is 49.6 Å². The van der Waals surface area contributed by atoms with E-state index < -0.39 is 5.82 Å². The van der Waals surface area contributed by atoms with Gasteiger partial charge in [-0.25, -0.2) is 4.39 Å². The number of amides is 1. The largest absolute Gasteiger partial charge is 0.399 e. The van der Waals surface area contributed by atoms with E-state index in [0.29, 0.717) is 18.7 Å². The summed E-state index contributed by atoms with van der Waals surface area (Å²) in [5.41, 5.74) is 8.07. The molecule has 2 aromatic rings. The fourth-order valence-corrected chi connectivity index (χ4v) is 3.14. The summed E-state index contributed by atoms with van der Waals surface area (Å²) in [6.07, 6.45) is 0. The molecule has 1 heterocycles. The van der Waals surface area contributed by atoms with Gasteiger partial charge in [0, 0.05) is 38.4 Å². The number of benzene rings is 2. The number of hydrogen-bond acceptors (Lipinski definition) is 3. The van der Waals surface area contributed by atoms with Gasteiger partial charge in [0.15, 0.2) is 0 Å². The van der Waals surface area contributed by atoms with E-state index in [4.69, 9.17) is 17.3 Å². The molecule has 0 atom stereocenters. The van der Waals surface area contributed by atoms with Crippen molar-refractivity contribution in [2.75, 3.05) is 31.9 Å². The number of hydrogen-bond donors (Lipinski definition) is 1. The quantitative estimate of drug-likeness (QED) is 0.825. The molecule has 4 nitrogen and oxygen atoms in total. The Morgan fingerprint density at radius 3 is 2.48 bits per heavy atom. The highest BCUT2D eigenvalue weighted by Gasteiger charge is 2.23. The zero-order valence-corrected chi connectivity index (χ0v) is 15.2. The number of carbonyl (C=O) groups is 1. The number of halogens is 3. The van der Waals surface area contributed by atoms with Crippen molar-refractivity contribution in [1.82, 2.24) is 9.80 Å². The fourth-order valence-electron chi connectivity index (χ4n) is 2.89. The average molecular weight is 384 g/mol. The Kier molecular flexibility index (Phi) is 6.64. The number of rotatable bonds is 3. The van der Waals surface area contributed by atoms with Crippen molar-refractivity contribution in [3.05, 3.63) is 64.4 Å². The third-order valence-electron chi connectivity index (χ3n) is 4.18. The van der Waals surface area contributed by atoms with E-state index in [1.807, 2.05) is 24.3 Å². The second kappa shape index (κ2) is 8.52. The van der Waals surface area contributed by atoms with Crippen LogP contribution in [0.4, 0.5) is 10.1 Å². The minimum Gasteiger partial charge on any atom is -0.399 e. The molecular weight excluding hydrogens is 364 g/mol. The van der Waals surface area contributed by atoms with Gasteiger partial charge in [-0.2, -0.15) is 0 Å². The van der Waals surface area contributed by atoms with Gasteiger partial charge in [0.25, 0.3) is 5.91 Å². The molecule has 0 aromatic heterocycles. The van der Waals surface area contributed by atoms with E-state index in [9.17, 15) is 9.18 Å². The molecule has 1 amide bonds. The highest BCUT2D eigenvalue weighted by molar-refractivity contribution is 6.33. The molecule has 2 aromatic carbocycles. The van der Waals surface area contributed by atoms with Gasteiger partial charge in [-0.1, -0.05) is 23.7 Å². The molecule has 0 aliphatic carbocycles. The molecule has 1 saturated heterocycles. The highest BCUT2D eigenvalue weighted by Crippen LogP contribution is 2.20. The number of carbonyl (C=O) groups excluding carboxylic acids is 1. The average Bonchev–Trinajstić information content (AvgIpc) is 2.55. The number of nitrogens with zero attached hydrogens (tertiary/aromatic N) is 2. The molecule has 1 aliphatic rings. The van der Waals surface area contributed by atoms with Gasteiger partial charge in [0.1, 0.15) is 5.82 Å². The molecule has 1 aliphatic heterocycles. The SMILES string of the molecule is Cl.Nc1cccc(CN2CCN(C(=O)c3ccc(F)cc3Cl)CC2)c1. The Labute approximate surface area is 157 Å². The van der Waals surface area contributed by atoms with Crippen LogP contribution in [0, 0.1) is 5.82 Å². The maximum atomic E-state index is 13.1. The first-order valence-corrected chi connectivity index (χ1v) is 8.22. The first-order valence-electron chi connectivity index (χ1n) is 7.84. The van der Waals surface area contributed by atoms with Gasteiger partial charge in [-0.3, -0.25) is 9.69 Å². The minimum absolute atomic E-state index is 0. The van der Waals surface area contributed by atoms with Gasteiger partial charge < -0.3 is 10.6 Å². The third-order valence-corrected chi connectivity index (χ3v) is 4.49. The van der Waals surface area contributed by atoms with Crippen molar-refractivity contribution < 1.29 is 9.18 Å². The maximum absolute atomic E-state index is 13.1. The smallest absolute Gasteiger partial charge is 0.255 e. The Morgan fingerprint density at radius 1 is 1.12 bits per heavy atom. The summed E-state index contributed by atoms with van der Waals surface area (Å²) < 4.78 is 13.1. The Morgan fingerprint density at radius 2 is 1.84 bits per heavy atom. The standard InChI is InChI=1S/C18H19ClFN3O.ClH/c19-17-11-14(20)4-5-16(17)18(24)23-8-6-22(7-9-23)12-13-2-1-3-15(21)10-13;/h1-5,10-11H,6-9,12,21H2;1H. The predicted molar refractivity (Wildman–Crippen MR) is 101 cm³/mol. The second-order valence-electron chi connectivity index (χ2n) is 5.94. The third kappa shape index (κ3) is 4.84. The molecular formula is C18H20Cl2FN3O. The van der Waals surface area contributed by atoms with E-state index in [1.54, 1.807) is 4.90 Å². The van der Waals surface area contributed by atoms with Crippen LogP contribution in [0.25, 0.3) is 0 Å². The summed E-state index contributed by atoms with van der Waals surface area (Å²) in [5, 5.41) is 0.155. The lowest BCUT2D eigenvalue weighted by molar-refractivity contribution is 0.0628. The number of nitrogens with two attached hydrogens (primary N) is 1. The van der Waals surface area contributed by atoms with Crippen LogP contribution in [0.15, 0.2) is 42.5 Å². The van der Waals surface area contributed by atoms with Crippen molar-refractivity contribution in [3.8, 4) is 0 Å². The molecule has 0 unspecified atom stereocenters. The summed E-state index contributed by atoms with van der Waals surface area (Å²) in [6.45, 7) is 3.60.